The first-order valence-electron chi connectivity index (χ1n) is 7.87. The van der Waals surface area contributed by atoms with Crippen LogP contribution in [0.3, 0.4) is 0 Å². The molecule has 0 aliphatic heterocycles. The van der Waals surface area contributed by atoms with Crippen molar-refractivity contribution in [3.8, 4) is 0 Å². The first kappa shape index (κ1) is 21.8. The monoisotopic (exact) mass is 381 g/mol. The highest BCUT2D eigenvalue weighted by Crippen LogP contribution is 2.00. The first-order valence-corrected chi connectivity index (χ1v) is 7.87. The molecule has 0 unspecified atom stereocenters. The van der Waals surface area contributed by atoms with E-state index < -0.39 is 29.2 Å². The molecule has 27 heavy (non-hydrogen) atoms. The van der Waals surface area contributed by atoms with Gasteiger partial charge in [0.1, 0.15) is 6.04 Å². The molecular weight excluding hydrogens is 360 g/mol. The molecule has 0 fully saturated rings. The van der Waals surface area contributed by atoms with Gasteiger partial charge in [0.2, 0.25) is 11.9 Å². The first-order chi connectivity index (χ1) is 12.8. The molecule has 0 bridgehead atoms. The SMILES string of the molecule is NC(=NCCC[C@@H](NC(=O)CNC(=O)c1ccccc1)C(=O)O)NN([O-])O. The number of guanidine groups is 1. The van der Waals surface area contributed by atoms with Crippen molar-refractivity contribution in [3.63, 3.8) is 0 Å². The number of hydrogen-bond acceptors (Lipinski definition) is 7. The van der Waals surface area contributed by atoms with Gasteiger partial charge in [-0.15, -0.1) is 0 Å². The average molecular weight is 381 g/mol. The summed E-state index contributed by atoms with van der Waals surface area (Å²) < 4.78 is 0. The lowest BCUT2D eigenvalue weighted by Crippen LogP contribution is -2.45. The minimum Gasteiger partial charge on any atom is -0.744 e. The molecule has 7 N–H and O–H groups in total. The van der Waals surface area contributed by atoms with Gasteiger partial charge in [-0.25, -0.2) is 4.79 Å². The van der Waals surface area contributed by atoms with Crippen LogP contribution in [0.25, 0.3) is 0 Å². The largest absolute Gasteiger partial charge is 0.744 e. The number of carboxylic acids is 1. The van der Waals surface area contributed by atoms with Crippen LogP contribution >= 0.6 is 0 Å². The van der Waals surface area contributed by atoms with Crippen LogP contribution in [0.2, 0.25) is 0 Å². The third-order valence-electron chi connectivity index (χ3n) is 3.22. The number of hydrazine groups is 1. The number of carboxylic acid groups (broad SMARTS) is 1. The van der Waals surface area contributed by atoms with Crippen molar-refractivity contribution < 1.29 is 24.7 Å². The van der Waals surface area contributed by atoms with E-state index in [0.29, 0.717) is 5.56 Å². The van der Waals surface area contributed by atoms with E-state index in [1.807, 2.05) is 0 Å². The van der Waals surface area contributed by atoms with E-state index in [9.17, 15) is 19.6 Å². The number of aliphatic carboxylic acids is 1. The van der Waals surface area contributed by atoms with Crippen LogP contribution in [0.1, 0.15) is 23.2 Å². The lowest BCUT2D eigenvalue weighted by atomic mass is 10.1. The van der Waals surface area contributed by atoms with Crippen molar-refractivity contribution in [2.45, 2.75) is 18.9 Å². The van der Waals surface area contributed by atoms with E-state index in [4.69, 9.17) is 16.0 Å². The second-order valence-electron chi connectivity index (χ2n) is 5.30. The van der Waals surface area contributed by atoms with Gasteiger partial charge >= 0.3 is 5.97 Å². The number of nitrogens with one attached hydrogen (secondary N) is 3. The molecule has 2 amide bonds. The summed E-state index contributed by atoms with van der Waals surface area (Å²) in [4.78, 5) is 38.6. The van der Waals surface area contributed by atoms with Crippen LogP contribution < -0.4 is 21.8 Å². The quantitative estimate of drug-likeness (QED) is 0.125. The maximum Gasteiger partial charge on any atom is 0.326 e. The summed E-state index contributed by atoms with van der Waals surface area (Å²) >= 11 is 0. The minimum absolute atomic E-state index is 0.0463. The predicted molar refractivity (Wildman–Crippen MR) is 94.2 cm³/mol. The highest BCUT2D eigenvalue weighted by atomic mass is 16.8. The van der Waals surface area contributed by atoms with Gasteiger partial charge in [-0.2, -0.15) is 5.34 Å². The Bertz CT molecular complexity index is 666. The van der Waals surface area contributed by atoms with Crippen molar-refractivity contribution in [1.29, 1.82) is 0 Å². The molecule has 0 aliphatic rings. The molecule has 148 valence electrons. The summed E-state index contributed by atoms with van der Waals surface area (Å²) in [7, 11) is 0. The molecule has 0 aliphatic carbocycles. The van der Waals surface area contributed by atoms with Crippen LogP contribution in [-0.2, 0) is 9.59 Å². The van der Waals surface area contributed by atoms with Gasteiger partial charge in [0, 0.05) is 12.1 Å². The minimum atomic E-state index is -1.24. The Morgan fingerprint density at radius 2 is 1.93 bits per heavy atom. The van der Waals surface area contributed by atoms with Crippen LogP contribution in [-0.4, -0.2) is 58.5 Å². The fourth-order valence-electron chi connectivity index (χ4n) is 1.98. The van der Waals surface area contributed by atoms with Crippen molar-refractivity contribution in [3.05, 3.63) is 41.1 Å². The number of carbonyl (C=O) groups is 3. The van der Waals surface area contributed by atoms with E-state index in [1.54, 1.807) is 35.8 Å². The lowest BCUT2D eigenvalue weighted by molar-refractivity contribution is -0.141. The van der Waals surface area contributed by atoms with E-state index in [0.717, 1.165) is 0 Å². The van der Waals surface area contributed by atoms with E-state index >= 15 is 0 Å². The van der Waals surface area contributed by atoms with E-state index in [2.05, 4.69) is 15.6 Å². The highest BCUT2D eigenvalue weighted by molar-refractivity contribution is 5.96. The number of aliphatic imine (C=N–C) groups is 1. The zero-order valence-electron chi connectivity index (χ0n) is 14.3. The van der Waals surface area contributed by atoms with Gasteiger partial charge in [0.05, 0.1) is 6.54 Å². The molecule has 0 saturated carbocycles. The number of nitrogens with zero attached hydrogens (tertiary/aromatic N) is 2. The van der Waals surface area contributed by atoms with Crippen molar-refractivity contribution >= 4 is 23.7 Å². The van der Waals surface area contributed by atoms with Crippen molar-refractivity contribution in [1.82, 2.24) is 21.4 Å². The Hall–Kier alpha value is -3.22. The maximum atomic E-state index is 11.8. The van der Waals surface area contributed by atoms with Gasteiger partial charge in [0.25, 0.3) is 5.91 Å². The molecule has 1 rings (SSSR count). The van der Waals surface area contributed by atoms with Crippen LogP contribution in [0.5, 0.6) is 0 Å². The van der Waals surface area contributed by atoms with E-state index in [1.165, 1.54) is 0 Å². The standard InChI is InChI=1S/C15H21N6O6/c16-15(20-21(26)27)17-8-4-7-11(14(24)25)19-12(22)9-18-13(23)10-5-2-1-3-6-10/h1-3,5-6,11,26H,4,7-9H2,(H,18,23)(H,19,22)(H,24,25)(H3,16,17,20)/q-1/t11-/m1/s1. The molecule has 1 aromatic carbocycles. The predicted octanol–water partition coefficient (Wildman–Crippen LogP) is -1.23. The summed E-state index contributed by atoms with van der Waals surface area (Å²) in [5.41, 5.74) is 7.40. The molecule has 0 spiro atoms. The number of benzene rings is 1. The smallest absolute Gasteiger partial charge is 0.326 e. The molecule has 0 saturated heterocycles. The van der Waals surface area contributed by atoms with Crippen molar-refractivity contribution in [2.75, 3.05) is 13.1 Å². The third-order valence-corrected chi connectivity index (χ3v) is 3.22. The summed E-state index contributed by atoms with van der Waals surface area (Å²) in [6.07, 6.45) is 0.283. The second-order valence-corrected chi connectivity index (χ2v) is 5.30. The Morgan fingerprint density at radius 3 is 2.52 bits per heavy atom. The van der Waals surface area contributed by atoms with E-state index in [-0.39, 0.29) is 31.9 Å². The lowest BCUT2D eigenvalue weighted by Gasteiger charge is -2.20. The van der Waals surface area contributed by atoms with Crippen LogP contribution in [0, 0.1) is 5.21 Å². The summed E-state index contributed by atoms with van der Waals surface area (Å²) in [6.45, 7) is -0.306. The normalized spacial score (nSPS) is 12.3. The number of nitrogens with two attached hydrogens (primary N) is 1. The zero-order valence-corrected chi connectivity index (χ0v) is 14.3. The molecule has 12 heteroatoms. The Balaban J connectivity index is 2.39. The fraction of sp³-hybridized carbons (Fsp3) is 0.333. The van der Waals surface area contributed by atoms with Crippen LogP contribution in [0.15, 0.2) is 35.3 Å². The van der Waals surface area contributed by atoms with Gasteiger partial charge in [-0.3, -0.25) is 20.0 Å². The summed E-state index contributed by atoms with van der Waals surface area (Å²) in [5.74, 6) is -2.69. The summed E-state index contributed by atoms with van der Waals surface area (Å²) in [5, 5.41) is 31.8. The Kier molecular flexibility index (Phi) is 9.22. The molecule has 0 heterocycles. The topological polar surface area (TPSA) is 192 Å². The maximum absolute atomic E-state index is 11.8. The molecule has 12 nitrogen and oxygen atoms in total. The van der Waals surface area contributed by atoms with Gasteiger partial charge < -0.3 is 31.9 Å². The number of carbonyl (C=O) groups excluding carboxylic acids is 2. The fourth-order valence-corrected chi connectivity index (χ4v) is 1.98. The molecule has 1 aromatic rings. The summed E-state index contributed by atoms with van der Waals surface area (Å²) in [6, 6.07) is 7.08. The molecule has 0 aromatic heterocycles. The highest BCUT2D eigenvalue weighted by Gasteiger charge is 2.19. The molecule has 1 atom stereocenters. The Morgan fingerprint density at radius 1 is 1.26 bits per heavy atom. The Labute approximate surface area is 154 Å². The second kappa shape index (κ2) is 11.4. The number of amides is 2. The van der Waals surface area contributed by atoms with Gasteiger partial charge in [0.15, 0.2) is 0 Å². The van der Waals surface area contributed by atoms with Crippen molar-refractivity contribution in [2.24, 2.45) is 10.7 Å². The zero-order chi connectivity index (χ0) is 20.2. The molecular formula is C15H21N6O6-. The molecule has 0 radical (unpaired) electrons. The average Bonchev–Trinajstić information content (AvgIpc) is 2.62. The number of hydrogen-bond donors (Lipinski definition) is 6. The number of rotatable bonds is 10. The third kappa shape index (κ3) is 9.15. The van der Waals surface area contributed by atoms with Gasteiger partial charge in [-0.05, 0) is 25.0 Å². The van der Waals surface area contributed by atoms with Gasteiger partial charge in [-0.1, -0.05) is 18.2 Å². The van der Waals surface area contributed by atoms with Crippen LogP contribution in [0.4, 0.5) is 0 Å².